The van der Waals surface area contributed by atoms with Gasteiger partial charge in [-0.1, -0.05) is 13.8 Å². The lowest BCUT2D eigenvalue weighted by Gasteiger charge is -2.23. The summed E-state index contributed by atoms with van der Waals surface area (Å²) in [6.45, 7) is 12.2. The van der Waals surface area contributed by atoms with Crippen molar-refractivity contribution >= 4 is 34.4 Å². The van der Waals surface area contributed by atoms with Crippen molar-refractivity contribution < 1.29 is 9.90 Å². The lowest BCUT2D eigenvalue weighted by Crippen LogP contribution is -2.27. The van der Waals surface area contributed by atoms with Gasteiger partial charge in [-0.05, 0) is 44.9 Å². The van der Waals surface area contributed by atoms with Crippen molar-refractivity contribution in [3.05, 3.63) is 45.6 Å². The number of fused-ring (bicyclic) bond motifs is 1. The van der Waals surface area contributed by atoms with Crippen molar-refractivity contribution in [2.45, 2.75) is 47.5 Å². The van der Waals surface area contributed by atoms with E-state index in [-0.39, 0.29) is 24.0 Å². The van der Waals surface area contributed by atoms with E-state index in [0.717, 1.165) is 5.69 Å². The molecule has 0 bridgehead atoms. The molecule has 32 heavy (non-hydrogen) atoms. The number of carbonyl (C=O) groups excluding carboxylic acids is 1. The average Bonchev–Trinajstić information content (AvgIpc) is 3.02. The van der Waals surface area contributed by atoms with Gasteiger partial charge in [0.05, 0.1) is 23.7 Å². The number of aryl methyl sites for hydroxylation is 1. The molecule has 9 heteroatoms. The Hall–Kier alpha value is -3.33. The zero-order valence-electron chi connectivity index (χ0n) is 19.4. The van der Waals surface area contributed by atoms with Crippen molar-refractivity contribution in [2.75, 3.05) is 29.9 Å². The number of hydrogen-bond acceptors (Lipinski definition) is 7. The van der Waals surface area contributed by atoms with Crippen LogP contribution in [0.1, 0.15) is 57.6 Å². The molecule has 0 fully saturated rings. The number of likely N-dealkylation sites (N-methyl/N-ethyl adjacent to an activating group) is 1. The molecule has 3 rings (SSSR count). The number of nitrogens with one attached hydrogen (secondary N) is 1. The van der Waals surface area contributed by atoms with Crippen LogP contribution in [0.3, 0.4) is 0 Å². The molecular weight excluding hydrogens is 408 g/mol. The van der Waals surface area contributed by atoms with Crippen LogP contribution < -0.4 is 15.8 Å². The van der Waals surface area contributed by atoms with Crippen LogP contribution in [-0.4, -0.2) is 51.8 Å². The maximum Gasteiger partial charge on any atom is 0.278 e. The molecule has 170 valence electrons. The minimum atomic E-state index is -0.224. The van der Waals surface area contributed by atoms with E-state index in [9.17, 15) is 14.7 Å². The lowest BCUT2D eigenvalue weighted by molar-refractivity contribution is -0.114. The summed E-state index contributed by atoms with van der Waals surface area (Å²) in [6.07, 6.45) is 0. The number of rotatable bonds is 7. The molecule has 0 saturated carbocycles. The van der Waals surface area contributed by atoms with Crippen molar-refractivity contribution in [1.82, 2.24) is 9.66 Å². The van der Waals surface area contributed by atoms with E-state index < -0.39 is 0 Å². The highest BCUT2D eigenvalue weighted by molar-refractivity contribution is 6.48. The van der Waals surface area contributed by atoms with Gasteiger partial charge < -0.3 is 15.3 Å². The van der Waals surface area contributed by atoms with Crippen molar-refractivity contribution in [1.29, 1.82) is 0 Å². The van der Waals surface area contributed by atoms with Gasteiger partial charge in [0, 0.05) is 37.0 Å². The van der Waals surface area contributed by atoms with Crippen LogP contribution in [0.4, 0.5) is 17.1 Å². The Morgan fingerprint density at radius 2 is 2.03 bits per heavy atom. The van der Waals surface area contributed by atoms with Gasteiger partial charge in [0.25, 0.3) is 5.56 Å². The highest BCUT2D eigenvalue weighted by Gasteiger charge is 2.26. The van der Waals surface area contributed by atoms with Crippen LogP contribution in [0, 0.1) is 6.92 Å². The summed E-state index contributed by atoms with van der Waals surface area (Å²) in [5.74, 6) is 0.198. The van der Waals surface area contributed by atoms with Crippen LogP contribution >= 0.6 is 0 Å². The van der Waals surface area contributed by atoms with Gasteiger partial charge >= 0.3 is 0 Å². The van der Waals surface area contributed by atoms with Gasteiger partial charge in [-0.15, -0.1) is 0 Å². The van der Waals surface area contributed by atoms with E-state index in [1.165, 1.54) is 11.6 Å². The molecule has 0 aliphatic carbocycles. The molecular formula is C23H30N6O3. The summed E-state index contributed by atoms with van der Waals surface area (Å²) in [6, 6.07) is 5.52. The Bertz CT molecular complexity index is 1160. The van der Waals surface area contributed by atoms with Gasteiger partial charge in [0.1, 0.15) is 5.71 Å². The van der Waals surface area contributed by atoms with E-state index in [0.29, 0.717) is 53.0 Å². The van der Waals surface area contributed by atoms with Crippen LogP contribution in [0.15, 0.2) is 33.1 Å². The molecule has 1 aromatic carbocycles. The maximum absolute atomic E-state index is 13.0. The Morgan fingerprint density at radius 3 is 2.62 bits per heavy atom. The molecule has 2 N–H and O–H groups in total. The van der Waals surface area contributed by atoms with Crippen LogP contribution in [0.5, 0.6) is 0 Å². The van der Waals surface area contributed by atoms with E-state index in [1.54, 1.807) is 13.0 Å². The molecule has 0 atom stereocenters. The molecule has 0 unspecified atom stereocenters. The first kappa shape index (κ1) is 23.3. The van der Waals surface area contributed by atoms with E-state index in [2.05, 4.69) is 15.4 Å². The molecule has 0 radical (unpaired) electrons. The molecule has 2 aromatic rings. The first-order valence-corrected chi connectivity index (χ1v) is 10.7. The number of nitrogens with zero attached hydrogens (tertiary/aromatic N) is 5. The molecule has 0 saturated heterocycles. The number of aliphatic hydroxyl groups excluding tert-OH is 1. The number of aliphatic imine (C=N–C) groups is 1. The highest BCUT2D eigenvalue weighted by Crippen LogP contribution is 2.31. The second-order valence-corrected chi connectivity index (χ2v) is 8.04. The van der Waals surface area contributed by atoms with Crippen molar-refractivity contribution in [3.8, 4) is 0 Å². The normalized spacial score (nSPS) is 14.0. The fraction of sp³-hybridized carbons (Fsp3) is 0.435. The maximum atomic E-state index is 13.0. The minimum Gasteiger partial charge on any atom is -0.395 e. The van der Waals surface area contributed by atoms with Crippen molar-refractivity contribution in [3.63, 3.8) is 0 Å². The Balaban J connectivity index is 2.14. The second kappa shape index (κ2) is 9.44. The number of aliphatic hydroxyl groups is 1. The summed E-state index contributed by atoms with van der Waals surface area (Å²) >= 11 is 0. The Labute approximate surface area is 187 Å². The molecule has 1 aliphatic heterocycles. The van der Waals surface area contributed by atoms with Gasteiger partial charge in [-0.25, -0.2) is 9.98 Å². The first-order valence-electron chi connectivity index (χ1n) is 10.7. The number of carbonyl (C=O) groups is 1. The third-order valence-electron chi connectivity index (χ3n) is 5.31. The summed E-state index contributed by atoms with van der Waals surface area (Å²) in [5, 5.41) is 16.5. The fourth-order valence-electron chi connectivity index (χ4n) is 3.85. The summed E-state index contributed by atoms with van der Waals surface area (Å²) in [5.41, 5.74) is 4.09. The van der Waals surface area contributed by atoms with Crippen LogP contribution in [0.25, 0.3) is 0 Å². The largest absolute Gasteiger partial charge is 0.395 e. The molecule has 0 spiro atoms. The number of amides is 1. The monoisotopic (exact) mass is 438 g/mol. The van der Waals surface area contributed by atoms with Crippen LogP contribution in [-0.2, 0) is 4.79 Å². The fourth-order valence-corrected chi connectivity index (χ4v) is 3.85. The molecule has 9 nitrogen and oxygen atoms in total. The van der Waals surface area contributed by atoms with Crippen LogP contribution in [0.2, 0.25) is 0 Å². The second-order valence-electron chi connectivity index (χ2n) is 8.04. The quantitative estimate of drug-likeness (QED) is 0.690. The molecule has 1 amide bonds. The Morgan fingerprint density at radius 1 is 1.31 bits per heavy atom. The summed E-state index contributed by atoms with van der Waals surface area (Å²) in [4.78, 5) is 36.2. The van der Waals surface area contributed by atoms with E-state index >= 15 is 0 Å². The highest BCUT2D eigenvalue weighted by atomic mass is 16.3. The van der Waals surface area contributed by atoms with E-state index in [1.807, 2.05) is 44.7 Å². The number of aromatic nitrogens is 2. The summed E-state index contributed by atoms with van der Waals surface area (Å²) < 4.78 is 1.31. The predicted octanol–water partition coefficient (Wildman–Crippen LogP) is 2.81. The molecule has 2 heterocycles. The molecule has 1 aromatic heterocycles. The third kappa shape index (κ3) is 4.47. The number of anilines is 2. The SMILES string of the molecule is CCN(CCO)c1ccc(N=C2C(C)=Nn3c2nc(C)c(C(C)C)c3=O)c(NC(C)=O)c1. The predicted molar refractivity (Wildman–Crippen MR) is 128 cm³/mol. The van der Waals surface area contributed by atoms with Gasteiger partial charge in [-0.3, -0.25) is 9.59 Å². The summed E-state index contributed by atoms with van der Waals surface area (Å²) in [7, 11) is 0. The van der Waals surface area contributed by atoms with E-state index in [4.69, 9.17) is 4.99 Å². The van der Waals surface area contributed by atoms with Gasteiger partial charge in [0.15, 0.2) is 5.82 Å². The van der Waals surface area contributed by atoms with Gasteiger partial charge in [-0.2, -0.15) is 9.78 Å². The minimum absolute atomic E-state index is 0.0257. The zero-order valence-corrected chi connectivity index (χ0v) is 19.4. The lowest BCUT2D eigenvalue weighted by atomic mass is 10.0. The van der Waals surface area contributed by atoms with Crippen molar-refractivity contribution in [2.24, 2.45) is 10.1 Å². The standard InChI is InChI=1S/C23H30N6O3/c1-7-28(10-11-30)17-8-9-18(19(12-17)25-16(6)31)26-21-15(5)27-29-22(21)24-14(4)20(13(2)3)23(29)32/h8-9,12-13,30H,7,10-11H2,1-6H3,(H,25,31). The average molecular weight is 439 g/mol. The zero-order chi connectivity index (χ0) is 23.6. The smallest absolute Gasteiger partial charge is 0.278 e. The number of hydrogen-bond donors (Lipinski definition) is 2. The Kier molecular flexibility index (Phi) is 6.88. The third-order valence-corrected chi connectivity index (χ3v) is 5.31. The number of benzene rings is 1. The molecule has 1 aliphatic rings. The van der Waals surface area contributed by atoms with Gasteiger partial charge in [0.2, 0.25) is 5.91 Å². The topological polar surface area (TPSA) is 112 Å². The first-order chi connectivity index (χ1) is 15.2.